The number of benzene rings is 2. The number of nitrogens with zero attached hydrogens (tertiary/aromatic N) is 4. The van der Waals surface area contributed by atoms with Gasteiger partial charge in [0.2, 0.25) is 5.96 Å². The van der Waals surface area contributed by atoms with Crippen LogP contribution in [0.3, 0.4) is 0 Å². The van der Waals surface area contributed by atoms with Gasteiger partial charge in [0.25, 0.3) is 0 Å². The van der Waals surface area contributed by atoms with Gasteiger partial charge in [0, 0.05) is 39.2 Å². The van der Waals surface area contributed by atoms with E-state index >= 15 is 0 Å². The molecule has 178 valence electrons. The molecule has 0 fully saturated rings. The predicted octanol–water partition coefficient (Wildman–Crippen LogP) is 5.50. The molecule has 35 heavy (non-hydrogen) atoms. The number of hydrogen-bond acceptors (Lipinski definition) is 7. The van der Waals surface area contributed by atoms with Crippen molar-refractivity contribution in [3.8, 4) is 0 Å². The fourth-order valence-corrected chi connectivity index (χ4v) is 7.01. The van der Waals surface area contributed by atoms with E-state index in [9.17, 15) is 0 Å². The van der Waals surface area contributed by atoms with Gasteiger partial charge in [0.05, 0.1) is 16.7 Å². The Balaban J connectivity index is 1.52. The number of halogens is 1. The summed E-state index contributed by atoms with van der Waals surface area (Å²) in [5, 5.41) is 8.93. The number of amidine groups is 1. The SMILES string of the molecule is CSS1=C(Cl)NC(=Nc2ccc3nc(C)cc(N)c3c2)N=C1Nc1ccc2nc(C)cc(N)c2c1. The summed E-state index contributed by atoms with van der Waals surface area (Å²) < 4.78 is 0.545. The van der Waals surface area contributed by atoms with Gasteiger partial charge in [-0.05, 0) is 78.2 Å². The molecule has 0 saturated carbocycles. The minimum Gasteiger partial charge on any atom is -0.398 e. The Morgan fingerprint density at radius 3 is 2.23 bits per heavy atom. The molecule has 3 heterocycles. The van der Waals surface area contributed by atoms with Crippen molar-refractivity contribution in [1.82, 2.24) is 15.3 Å². The van der Waals surface area contributed by atoms with Crippen LogP contribution in [-0.4, -0.2) is 31.8 Å². The Bertz CT molecular complexity index is 1600. The van der Waals surface area contributed by atoms with Crippen LogP contribution in [0.1, 0.15) is 11.4 Å². The van der Waals surface area contributed by atoms with Crippen LogP contribution in [0.5, 0.6) is 0 Å². The molecule has 1 atom stereocenters. The molecular formula is C24H23ClN8S2. The molecular weight excluding hydrogens is 500 g/mol. The molecule has 0 saturated heterocycles. The van der Waals surface area contributed by atoms with Gasteiger partial charge in [0.15, 0.2) is 9.62 Å². The molecule has 0 aliphatic carbocycles. The van der Waals surface area contributed by atoms with Crippen LogP contribution in [0, 0.1) is 13.8 Å². The molecule has 1 unspecified atom stereocenters. The second-order valence-corrected chi connectivity index (χ2v) is 12.2. The molecule has 11 heteroatoms. The summed E-state index contributed by atoms with van der Waals surface area (Å²) in [5.41, 5.74) is 18.7. The lowest BCUT2D eigenvalue weighted by Gasteiger charge is -2.20. The molecule has 0 bridgehead atoms. The van der Waals surface area contributed by atoms with Crippen LogP contribution >= 0.6 is 31.9 Å². The fraction of sp³-hybridized carbons (Fsp3) is 0.125. The maximum absolute atomic E-state index is 6.62. The van der Waals surface area contributed by atoms with Crippen molar-refractivity contribution in [3.05, 3.63) is 59.9 Å². The summed E-state index contributed by atoms with van der Waals surface area (Å²) in [4.78, 5) is 18.5. The van der Waals surface area contributed by atoms with Crippen molar-refractivity contribution in [2.45, 2.75) is 13.8 Å². The highest BCUT2D eigenvalue weighted by Crippen LogP contribution is 2.35. The Kier molecular flexibility index (Phi) is 6.26. The molecule has 8 nitrogen and oxygen atoms in total. The van der Waals surface area contributed by atoms with Gasteiger partial charge in [-0.1, -0.05) is 22.4 Å². The van der Waals surface area contributed by atoms with Crippen molar-refractivity contribution in [3.63, 3.8) is 0 Å². The number of aryl methyl sites for hydroxylation is 2. The molecule has 1 aliphatic rings. The zero-order valence-corrected chi connectivity index (χ0v) is 21.6. The lowest BCUT2D eigenvalue weighted by molar-refractivity contribution is 1.25. The van der Waals surface area contributed by atoms with Crippen LogP contribution in [0.4, 0.5) is 22.7 Å². The quantitative estimate of drug-likeness (QED) is 0.121. The number of hydrogen-bond donors (Lipinski definition) is 4. The number of rotatable bonds is 3. The average molecular weight is 523 g/mol. The summed E-state index contributed by atoms with van der Waals surface area (Å²) in [5.74, 6) is 0.380. The van der Waals surface area contributed by atoms with Crippen LogP contribution in [-0.2, 0) is 0 Å². The van der Waals surface area contributed by atoms with Crippen LogP contribution in [0.2, 0.25) is 0 Å². The second kappa shape index (κ2) is 9.37. The van der Waals surface area contributed by atoms with Gasteiger partial charge in [-0.25, -0.2) is 4.99 Å². The average Bonchev–Trinajstić information content (AvgIpc) is 2.80. The van der Waals surface area contributed by atoms with Crippen molar-refractivity contribution < 1.29 is 0 Å². The van der Waals surface area contributed by atoms with E-state index in [1.807, 2.05) is 68.6 Å². The highest BCUT2D eigenvalue weighted by Gasteiger charge is 2.19. The normalized spacial score (nSPS) is 17.0. The standard InChI is InChI=1S/C24H23ClN8S2/c1-12-8-18(26)16-10-14(4-6-20(16)28-12)30-23-32-22(25)35(34-3)24(33-23)31-15-5-7-21-17(11-15)19(27)9-13(2)29-21/h4-11H,1-3H3,(H2,26,28)(H2,27,29)(H2,30,31,32,33). The van der Waals surface area contributed by atoms with E-state index in [0.29, 0.717) is 32.6 Å². The van der Waals surface area contributed by atoms with Gasteiger partial charge < -0.3 is 22.1 Å². The van der Waals surface area contributed by atoms with Gasteiger partial charge in [0.1, 0.15) is 0 Å². The minimum absolute atomic E-state index is 0.380. The lowest BCUT2D eigenvalue weighted by Crippen LogP contribution is -2.32. The molecule has 0 amide bonds. The molecule has 1 aliphatic heterocycles. The zero-order valence-electron chi connectivity index (χ0n) is 19.3. The molecule has 2 aromatic heterocycles. The van der Waals surface area contributed by atoms with E-state index in [4.69, 9.17) is 28.1 Å². The highest BCUT2D eigenvalue weighted by atomic mass is 35.5. The van der Waals surface area contributed by atoms with Gasteiger partial charge in [-0.3, -0.25) is 9.97 Å². The predicted molar refractivity (Wildman–Crippen MR) is 155 cm³/mol. The van der Waals surface area contributed by atoms with Crippen LogP contribution < -0.4 is 22.1 Å². The summed E-state index contributed by atoms with van der Waals surface area (Å²) in [6.07, 6.45) is 1.98. The third-order valence-electron chi connectivity index (χ3n) is 5.33. The van der Waals surface area contributed by atoms with E-state index in [1.54, 1.807) is 10.8 Å². The molecule has 6 N–H and O–H groups in total. The van der Waals surface area contributed by atoms with Crippen molar-refractivity contribution in [2.24, 2.45) is 9.98 Å². The highest BCUT2D eigenvalue weighted by molar-refractivity contribution is 8.89. The third-order valence-corrected chi connectivity index (χ3v) is 9.44. The Morgan fingerprint density at radius 1 is 0.943 bits per heavy atom. The monoisotopic (exact) mass is 522 g/mol. The van der Waals surface area contributed by atoms with E-state index in [1.165, 1.54) is 0 Å². The second-order valence-electron chi connectivity index (χ2n) is 7.95. The zero-order chi connectivity index (χ0) is 24.7. The minimum atomic E-state index is -0.516. The van der Waals surface area contributed by atoms with E-state index in [2.05, 4.69) is 25.6 Å². The van der Waals surface area contributed by atoms with Crippen molar-refractivity contribution in [2.75, 3.05) is 23.0 Å². The number of aliphatic imine (C=N–C) groups is 2. The van der Waals surface area contributed by atoms with E-state index < -0.39 is 9.52 Å². The van der Waals surface area contributed by atoms with Crippen LogP contribution in [0.15, 0.2) is 58.5 Å². The smallest absolute Gasteiger partial charge is 0.231 e. The first-order chi connectivity index (χ1) is 16.8. The molecule has 4 aromatic rings. The number of nitrogen functional groups attached to an aromatic ring is 2. The number of guanidine groups is 1. The maximum atomic E-state index is 6.62. The lowest BCUT2D eigenvalue weighted by atomic mass is 10.1. The summed E-state index contributed by atoms with van der Waals surface area (Å²) >= 11 is 6.62. The van der Waals surface area contributed by atoms with Gasteiger partial charge in [-0.15, -0.1) is 0 Å². The van der Waals surface area contributed by atoms with Crippen molar-refractivity contribution in [1.29, 1.82) is 0 Å². The topological polar surface area (TPSA) is 127 Å². The van der Waals surface area contributed by atoms with Crippen LogP contribution in [0.25, 0.3) is 21.8 Å². The third kappa shape index (κ3) is 4.77. The summed E-state index contributed by atoms with van der Waals surface area (Å²) in [6.45, 7) is 3.84. The van der Waals surface area contributed by atoms with Gasteiger partial charge >= 0.3 is 0 Å². The fourth-order valence-electron chi connectivity index (χ4n) is 3.82. The number of pyridine rings is 2. The number of nitrogens with two attached hydrogens (primary N) is 2. The first kappa shape index (κ1) is 23.4. The molecule has 0 spiro atoms. The first-order valence-electron chi connectivity index (χ1n) is 10.7. The van der Waals surface area contributed by atoms with E-state index in [-0.39, 0.29) is 0 Å². The Labute approximate surface area is 213 Å². The Hall–Kier alpha value is -3.34. The maximum Gasteiger partial charge on any atom is 0.231 e. The molecule has 0 radical (unpaired) electrons. The van der Waals surface area contributed by atoms with Crippen molar-refractivity contribution >= 4 is 92.0 Å². The molecule has 2 aromatic carbocycles. The van der Waals surface area contributed by atoms with E-state index in [0.717, 1.165) is 38.9 Å². The number of aromatic nitrogens is 2. The number of nitrogens with one attached hydrogen (secondary N) is 2. The molecule has 5 rings (SSSR count). The number of fused-ring (bicyclic) bond motifs is 2. The first-order valence-corrected chi connectivity index (χ1v) is 14.0. The van der Waals surface area contributed by atoms with Gasteiger partial charge in [-0.2, -0.15) is 4.99 Å². The largest absolute Gasteiger partial charge is 0.398 e. The number of anilines is 3. The Morgan fingerprint density at radius 2 is 1.57 bits per heavy atom. The summed E-state index contributed by atoms with van der Waals surface area (Å²) in [7, 11) is 1.07. The summed E-state index contributed by atoms with van der Waals surface area (Å²) in [6, 6.07) is 15.2.